The van der Waals surface area contributed by atoms with Crippen LogP contribution in [0.1, 0.15) is 13.8 Å². The van der Waals surface area contributed by atoms with Crippen molar-refractivity contribution in [3.8, 4) is 0 Å². The minimum absolute atomic E-state index is 0.0919. The van der Waals surface area contributed by atoms with E-state index in [2.05, 4.69) is 52.0 Å². The summed E-state index contributed by atoms with van der Waals surface area (Å²) in [4.78, 5) is 43.5. The van der Waals surface area contributed by atoms with E-state index in [9.17, 15) is 19.2 Å². The first-order valence-corrected chi connectivity index (χ1v) is 8.35. The van der Waals surface area contributed by atoms with E-state index in [1.807, 2.05) is 0 Å². The molecule has 0 aromatic carbocycles. The van der Waals surface area contributed by atoms with Crippen LogP contribution < -0.4 is 10.6 Å². The van der Waals surface area contributed by atoms with E-state index in [0.717, 1.165) is 0 Å². The number of alkyl halides is 2. The molecule has 0 heterocycles. The first-order valence-electron chi connectivity index (χ1n) is 6.51. The Balaban J connectivity index is 4.02. The summed E-state index contributed by atoms with van der Waals surface area (Å²) in [5, 5.41) is 4.88. The van der Waals surface area contributed by atoms with Crippen molar-refractivity contribution in [1.29, 1.82) is 0 Å². The van der Waals surface area contributed by atoms with Crippen molar-refractivity contribution in [2.75, 3.05) is 26.3 Å². The molecule has 0 saturated heterocycles. The second-order valence-electron chi connectivity index (χ2n) is 3.81. The lowest BCUT2D eigenvalue weighted by atomic mass is 10.4. The lowest BCUT2D eigenvalue weighted by Gasteiger charge is -2.12. The zero-order chi connectivity index (χ0) is 17.1. The maximum Gasteiger partial charge on any atom is 0.329 e. The number of ether oxygens (including phenoxy) is 2. The fraction of sp³-hybridized carbons (Fsp3) is 0.667. The van der Waals surface area contributed by atoms with Crippen LogP contribution >= 0.6 is 31.9 Å². The van der Waals surface area contributed by atoms with Crippen LogP contribution in [0.5, 0.6) is 0 Å². The Bertz CT molecular complexity index is 380. The molecule has 126 valence electrons. The maximum atomic E-state index is 11.6. The predicted octanol–water partition coefficient (Wildman–Crippen LogP) is -0.128. The van der Waals surface area contributed by atoms with Crippen molar-refractivity contribution in [1.82, 2.24) is 10.6 Å². The maximum absolute atomic E-state index is 11.6. The first kappa shape index (κ1) is 20.8. The van der Waals surface area contributed by atoms with Crippen LogP contribution in [0.2, 0.25) is 0 Å². The Kier molecular flexibility index (Phi) is 10.8. The SMILES string of the molecule is CCOC(=O)C(Br)C(=O)NCCNC(=O)C(Br)C(=O)OCC. The molecule has 0 aliphatic carbocycles. The number of carbonyl (C=O) groups excluding carboxylic acids is 4. The largest absolute Gasteiger partial charge is 0.465 e. The normalized spacial score (nSPS) is 12.7. The molecule has 0 saturated carbocycles. The van der Waals surface area contributed by atoms with Gasteiger partial charge in [-0.3, -0.25) is 19.2 Å². The van der Waals surface area contributed by atoms with Crippen molar-refractivity contribution >= 4 is 55.6 Å². The molecule has 22 heavy (non-hydrogen) atoms. The average Bonchev–Trinajstić information content (AvgIpc) is 2.49. The number of amides is 2. The summed E-state index contributed by atoms with van der Waals surface area (Å²) in [6.45, 7) is 3.79. The summed E-state index contributed by atoms with van der Waals surface area (Å²) in [6.07, 6.45) is 0. The molecule has 0 aromatic rings. The molecule has 0 fully saturated rings. The molecule has 2 unspecified atom stereocenters. The van der Waals surface area contributed by atoms with Crippen molar-refractivity contribution in [3.63, 3.8) is 0 Å². The number of hydrogen-bond acceptors (Lipinski definition) is 6. The first-order chi connectivity index (χ1) is 10.3. The highest BCUT2D eigenvalue weighted by Crippen LogP contribution is 2.03. The average molecular weight is 446 g/mol. The molecule has 0 aliphatic rings. The predicted molar refractivity (Wildman–Crippen MR) is 84.7 cm³/mol. The van der Waals surface area contributed by atoms with Crippen molar-refractivity contribution in [2.24, 2.45) is 0 Å². The molecule has 0 aromatic heterocycles. The van der Waals surface area contributed by atoms with Gasteiger partial charge in [0.1, 0.15) is 0 Å². The molecule has 0 spiro atoms. The molecular weight excluding hydrogens is 428 g/mol. The van der Waals surface area contributed by atoms with Gasteiger partial charge < -0.3 is 20.1 Å². The molecule has 2 amide bonds. The number of esters is 2. The third-order valence-electron chi connectivity index (χ3n) is 2.17. The zero-order valence-electron chi connectivity index (χ0n) is 12.2. The summed E-state index contributed by atoms with van der Waals surface area (Å²) < 4.78 is 9.35. The van der Waals surface area contributed by atoms with Crippen LogP contribution in [0.15, 0.2) is 0 Å². The molecule has 2 N–H and O–H groups in total. The number of halogens is 2. The number of carbonyl (C=O) groups is 4. The van der Waals surface area contributed by atoms with Gasteiger partial charge in [-0.05, 0) is 13.8 Å². The lowest BCUT2D eigenvalue weighted by Crippen LogP contribution is -2.43. The summed E-state index contributed by atoms with van der Waals surface area (Å²) >= 11 is 5.82. The van der Waals surface area contributed by atoms with Gasteiger partial charge in [-0.1, -0.05) is 31.9 Å². The Morgan fingerprint density at radius 2 is 1.14 bits per heavy atom. The molecule has 10 heteroatoms. The van der Waals surface area contributed by atoms with Gasteiger partial charge in [0, 0.05) is 13.1 Å². The minimum Gasteiger partial charge on any atom is -0.465 e. The van der Waals surface area contributed by atoms with E-state index in [1.54, 1.807) is 13.8 Å². The van der Waals surface area contributed by atoms with Crippen LogP contribution in [0.3, 0.4) is 0 Å². The highest BCUT2D eigenvalue weighted by molar-refractivity contribution is 9.10. The van der Waals surface area contributed by atoms with Crippen LogP contribution in [0.25, 0.3) is 0 Å². The van der Waals surface area contributed by atoms with Gasteiger partial charge in [0.05, 0.1) is 13.2 Å². The Morgan fingerprint density at radius 3 is 1.41 bits per heavy atom. The quantitative estimate of drug-likeness (QED) is 0.221. The van der Waals surface area contributed by atoms with E-state index in [-0.39, 0.29) is 26.3 Å². The Morgan fingerprint density at radius 1 is 0.818 bits per heavy atom. The van der Waals surface area contributed by atoms with Gasteiger partial charge in [-0.15, -0.1) is 0 Å². The summed E-state index contributed by atoms with van der Waals surface area (Å²) in [5.74, 6) is -2.53. The summed E-state index contributed by atoms with van der Waals surface area (Å²) in [5.41, 5.74) is 0. The van der Waals surface area contributed by atoms with E-state index < -0.39 is 33.4 Å². The van der Waals surface area contributed by atoms with E-state index in [4.69, 9.17) is 0 Å². The summed E-state index contributed by atoms with van der Waals surface area (Å²) in [6, 6.07) is 0. The van der Waals surface area contributed by atoms with Gasteiger partial charge >= 0.3 is 11.9 Å². The highest BCUT2D eigenvalue weighted by atomic mass is 79.9. The number of rotatable bonds is 9. The molecule has 8 nitrogen and oxygen atoms in total. The molecule has 0 radical (unpaired) electrons. The fourth-order valence-corrected chi connectivity index (χ4v) is 1.78. The number of nitrogens with one attached hydrogen (secondary N) is 2. The van der Waals surface area contributed by atoms with Gasteiger partial charge in [0.15, 0.2) is 9.65 Å². The number of hydrogen-bond donors (Lipinski definition) is 2. The van der Waals surface area contributed by atoms with E-state index >= 15 is 0 Å². The molecule has 2 atom stereocenters. The van der Waals surface area contributed by atoms with Gasteiger partial charge in [-0.25, -0.2) is 0 Å². The molecule has 0 rings (SSSR count). The van der Waals surface area contributed by atoms with Crippen molar-refractivity contribution in [2.45, 2.75) is 23.5 Å². The zero-order valence-corrected chi connectivity index (χ0v) is 15.4. The van der Waals surface area contributed by atoms with Crippen molar-refractivity contribution < 1.29 is 28.7 Å². The van der Waals surface area contributed by atoms with Crippen LogP contribution in [-0.4, -0.2) is 59.7 Å². The van der Waals surface area contributed by atoms with Gasteiger partial charge in [-0.2, -0.15) is 0 Å². The van der Waals surface area contributed by atoms with E-state index in [1.165, 1.54) is 0 Å². The second-order valence-corrected chi connectivity index (χ2v) is 5.64. The monoisotopic (exact) mass is 444 g/mol. The second kappa shape index (κ2) is 11.4. The summed E-state index contributed by atoms with van der Waals surface area (Å²) in [7, 11) is 0. The van der Waals surface area contributed by atoms with Gasteiger partial charge in [0.25, 0.3) is 0 Å². The third-order valence-corrected chi connectivity index (χ3v) is 3.75. The van der Waals surface area contributed by atoms with E-state index in [0.29, 0.717) is 0 Å². The van der Waals surface area contributed by atoms with Crippen LogP contribution in [-0.2, 0) is 28.7 Å². The van der Waals surface area contributed by atoms with Gasteiger partial charge in [0.2, 0.25) is 11.8 Å². The van der Waals surface area contributed by atoms with Crippen LogP contribution in [0.4, 0.5) is 0 Å². The Hall–Kier alpha value is -1.16. The van der Waals surface area contributed by atoms with Crippen molar-refractivity contribution in [3.05, 3.63) is 0 Å². The molecular formula is C12H18Br2N2O6. The minimum atomic E-state index is -1.10. The third kappa shape index (κ3) is 7.74. The highest BCUT2D eigenvalue weighted by Gasteiger charge is 2.25. The molecule has 0 aliphatic heterocycles. The van der Waals surface area contributed by atoms with Crippen LogP contribution in [0, 0.1) is 0 Å². The fourth-order valence-electron chi connectivity index (χ4n) is 1.20. The topological polar surface area (TPSA) is 111 Å². The molecule has 0 bridgehead atoms. The standard InChI is InChI=1S/C12H18Br2N2O6/c1-3-21-11(19)7(13)9(17)15-5-6-16-10(18)8(14)12(20)22-4-2/h7-8H,3-6H2,1-2H3,(H,15,17)(H,16,18). The smallest absolute Gasteiger partial charge is 0.329 e. The lowest BCUT2D eigenvalue weighted by molar-refractivity contribution is -0.146. The Labute approximate surface area is 144 Å².